The molecule has 0 bridgehead atoms. The van der Waals surface area contributed by atoms with Crippen molar-refractivity contribution in [2.75, 3.05) is 0 Å². The summed E-state index contributed by atoms with van der Waals surface area (Å²) in [5.41, 5.74) is 2.50. The molecule has 0 spiro atoms. The number of nitrogens with zero attached hydrogens (tertiary/aromatic N) is 3. The third kappa shape index (κ3) is 4.28. The molecule has 0 unspecified atom stereocenters. The third-order valence-corrected chi connectivity index (χ3v) is 4.12. The van der Waals surface area contributed by atoms with Crippen molar-refractivity contribution in [2.24, 2.45) is 7.05 Å². The number of alkyl halides is 3. The lowest BCUT2D eigenvalue weighted by atomic mass is 9.99. The van der Waals surface area contributed by atoms with E-state index in [-0.39, 0.29) is 12.5 Å². The molecule has 3 rings (SSSR count). The zero-order valence-corrected chi connectivity index (χ0v) is 15.0. The second kappa shape index (κ2) is 7.67. The number of rotatable bonds is 5. The molecule has 0 atom stereocenters. The normalized spacial score (nSPS) is 11.3. The Morgan fingerprint density at radius 3 is 2.57 bits per heavy atom. The van der Waals surface area contributed by atoms with Crippen molar-refractivity contribution >= 4 is 5.91 Å². The van der Waals surface area contributed by atoms with Crippen molar-refractivity contribution in [2.45, 2.75) is 12.7 Å². The van der Waals surface area contributed by atoms with Crippen LogP contribution in [0.1, 0.15) is 11.1 Å². The van der Waals surface area contributed by atoms with Gasteiger partial charge in [-0.2, -0.15) is 18.3 Å². The fourth-order valence-corrected chi connectivity index (χ4v) is 2.67. The van der Waals surface area contributed by atoms with Gasteiger partial charge in [-0.3, -0.25) is 14.5 Å². The highest BCUT2D eigenvalue weighted by atomic mass is 19.4. The molecule has 1 N–H and O–H groups in total. The van der Waals surface area contributed by atoms with Crippen LogP contribution in [-0.2, 0) is 24.6 Å². The summed E-state index contributed by atoms with van der Waals surface area (Å²) in [6.45, 7) is 3.68. The van der Waals surface area contributed by atoms with Crippen LogP contribution in [0.25, 0.3) is 22.5 Å². The number of halogens is 3. The molecule has 1 aromatic carbocycles. The molecule has 0 saturated carbocycles. The first kappa shape index (κ1) is 19.3. The van der Waals surface area contributed by atoms with Crippen molar-refractivity contribution in [1.82, 2.24) is 20.1 Å². The Bertz CT molecular complexity index is 1010. The number of carbonyl (C=O) groups is 1. The minimum Gasteiger partial charge on any atom is -0.348 e. The summed E-state index contributed by atoms with van der Waals surface area (Å²) < 4.78 is 39.9. The van der Waals surface area contributed by atoms with Gasteiger partial charge < -0.3 is 5.32 Å². The van der Waals surface area contributed by atoms with Gasteiger partial charge in [0, 0.05) is 37.1 Å². The maximum Gasteiger partial charge on any atom is 0.417 e. The van der Waals surface area contributed by atoms with E-state index in [0.29, 0.717) is 17.0 Å². The van der Waals surface area contributed by atoms with Gasteiger partial charge in [0.2, 0.25) is 5.91 Å². The number of pyridine rings is 1. The van der Waals surface area contributed by atoms with E-state index in [1.165, 1.54) is 12.1 Å². The summed E-state index contributed by atoms with van der Waals surface area (Å²) in [6, 6.07) is 9.49. The minimum absolute atomic E-state index is 0.261. The van der Waals surface area contributed by atoms with Crippen molar-refractivity contribution in [3.8, 4) is 22.5 Å². The Labute approximate surface area is 159 Å². The summed E-state index contributed by atoms with van der Waals surface area (Å²) in [7, 11) is 1.78. The molecule has 2 aromatic heterocycles. The molecule has 1 amide bonds. The molecule has 2 heterocycles. The van der Waals surface area contributed by atoms with Crippen LogP contribution in [0.3, 0.4) is 0 Å². The van der Waals surface area contributed by atoms with Gasteiger partial charge in [0.25, 0.3) is 0 Å². The lowest BCUT2D eigenvalue weighted by molar-refractivity contribution is -0.137. The Hall–Kier alpha value is -3.42. The van der Waals surface area contributed by atoms with Crippen LogP contribution < -0.4 is 5.32 Å². The van der Waals surface area contributed by atoms with Crippen molar-refractivity contribution in [3.05, 3.63) is 72.6 Å². The molecule has 0 aliphatic rings. The zero-order chi connectivity index (χ0) is 20.3. The largest absolute Gasteiger partial charge is 0.417 e. The van der Waals surface area contributed by atoms with Gasteiger partial charge >= 0.3 is 6.18 Å². The minimum atomic E-state index is -4.43. The van der Waals surface area contributed by atoms with Crippen LogP contribution in [0.2, 0.25) is 0 Å². The number of hydrogen-bond acceptors (Lipinski definition) is 3. The highest BCUT2D eigenvalue weighted by Crippen LogP contribution is 2.31. The molecule has 0 aliphatic carbocycles. The quantitative estimate of drug-likeness (QED) is 0.675. The number of nitrogens with one attached hydrogen (secondary N) is 1. The molecular formula is C20H17F3N4O. The van der Waals surface area contributed by atoms with E-state index in [0.717, 1.165) is 23.4 Å². The summed E-state index contributed by atoms with van der Waals surface area (Å²) in [5, 5.41) is 7.10. The van der Waals surface area contributed by atoms with E-state index in [4.69, 9.17) is 0 Å². The highest BCUT2D eigenvalue weighted by molar-refractivity contribution is 5.87. The number of aryl methyl sites for hydroxylation is 1. The number of benzene rings is 1. The second-order valence-corrected chi connectivity index (χ2v) is 6.10. The Kier molecular flexibility index (Phi) is 5.30. The molecule has 0 fully saturated rings. The van der Waals surface area contributed by atoms with Gasteiger partial charge in [0.1, 0.15) is 0 Å². The molecule has 0 radical (unpaired) electrons. The molecule has 8 heteroatoms. The number of hydrogen-bond donors (Lipinski definition) is 1. The Morgan fingerprint density at radius 1 is 1.21 bits per heavy atom. The van der Waals surface area contributed by atoms with Crippen LogP contribution in [0.4, 0.5) is 13.2 Å². The fraction of sp³-hybridized carbons (Fsp3) is 0.150. The van der Waals surface area contributed by atoms with E-state index in [1.54, 1.807) is 36.1 Å². The van der Waals surface area contributed by atoms with Gasteiger partial charge in [-0.25, -0.2) is 0 Å². The van der Waals surface area contributed by atoms with Crippen molar-refractivity contribution in [1.29, 1.82) is 0 Å². The van der Waals surface area contributed by atoms with Gasteiger partial charge in [0.15, 0.2) is 0 Å². The van der Waals surface area contributed by atoms with Gasteiger partial charge in [0.05, 0.1) is 17.0 Å². The van der Waals surface area contributed by atoms with Crippen LogP contribution in [0.5, 0.6) is 0 Å². The maximum atomic E-state index is 12.7. The van der Waals surface area contributed by atoms with Crippen LogP contribution in [0, 0.1) is 0 Å². The molecule has 144 valence electrons. The van der Waals surface area contributed by atoms with E-state index < -0.39 is 11.7 Å². The molecule has 5 nitrogen and oxygen atoms in total. The van der Waals surface area contributed by atoms with E-state index >= 15 is 0 Å². The van der Waals surface area contributed by atoms with Crippen molar-refractivity contribution in [3.63, 3.8) is 0 Å². The maximum absolute atomic E-state index is 12.7. The predicted molar refractivity (Wildman–Crippen MR) is 98.9 cm³/mol. The topological polar surface area (TPSA) is 59.8 Å². The van der Waals surface area contributed by atoms with Crippen molar-refractivity contribution < 1.29 is 18.0 Å². The predicted octanol–water partition coefficient (Wildman–Crippen LogP) is 3.97. The SMILES string of the molecule is C=CC(=O)NCc1ccc(-c2ccc(C(F)(F)F)cn2)cc1-c1ccn(C)n1. The van der Waals surface area contributed by atoms with Crippen LogP contribution in [-0.4, -0.2) is 20.7 Å². The lowest BCUT2D eigenvalue weighted by Crippen LogP contribution is -2.20. The molecule has 3 aromatic rings. The second-order valence-electron chi connectivity index (χ2n) is 6.10. The third-order valence-electron chi connectivity index (χ3n) is 4.12. The van der Waals surface area contributed by atoms with E-state index in [9.17, 15) is 18.0 Å². The molecule has 0 aliphatic heterocycles. The number of carbonyl (C=O) groups excluding carboxylic acids is 1. The molecule has 28 heavy (non-hydrogen) atoms. The Balaban J connectivity index is 1.99. The molecule has 0 saturated heterocycles. The number of amides is 1. The van der Waals surface area contributed by atoms with E-state index in [2.05, 4.69) is 22.0 Å². The summed E-state index contributed by atoms with van der Waals surface area (Å²) >= 11 is 0. The Morgan fingerprint density at radius 2 is 2.00 bits per heavy atom. The summed E-state index contributed by atoms with van der Waals surface area (Å²) in [6.07, 6.45) is -0.655. The number of aromatic nitrogens is 3. The van der Waals surface area contributed by atoms with Gasteiger partial charge in [-0.1, -0.05) is 18.7 Å². The molecular weight excluding hydrogens is 369 g/mol. The first-order valence-corrected chi connectivity index (χ1v) is 8.35. The lowest BCUT2D eigenvalue weighted by Gasteiger charge is -2.12. The van der Waals surface area contributed by atoms with Gasteiger partial charge in [-0.15, -0.1) is 0 Å². The first-order valence-electron chi connectivity index (χ1n) is 8.35. The summed E-state index contributed by atoms with van der Waals surface area (Å²) in [4.78, 5) is 15.4. The smallest absolute Gasteiger partial charge is 0.348 e. The highest BCUT2D eigenvalue weighted by Gasteiger charge is 2.30. The van der Waals surface area contributed by atoms with E-state index in [1.807, 2.05) is 6.07 Å². The standard InChI is InChI=1S/C20H17F3N4O/c1-3-19(28)25-11-14-5-4-13(10-16(14)18-8-9-27(2)26-18)17-7-6-15(12-24-17)20(21,22)23/h3-10,12H,1,11H2,2H3,(H,25,28). The average molecular weight is 386 g/mol. The summed E-state index contributed by atoms with van der Waals surface area (Å²) in [5.74, 6) is -0.305. The zero-order valence-electron chi connectivity index (χ0n) is 15.0. The van der Waals surface area contributed by atoms with Crippen LogP contribution >= 0.6 is 0 Å². The monoisotopic (exact) mass is 386 g/mol. The average Bonchev–Trinajstić information content (AvgIpc) is 3.11. The van der Waals surface area contributed by atoms with Gasteiger partial charge in [-0.05, 0) is 35.9 Å². The van der Waals surface area contributed by atoms with Crippen LogP contribution in [0.15, 0.2) is 61.4 Å². The fourth-order valence-electron chi connectivity index (χ4n) is 2.67. The first-order chi connectivity index (χ1) is 13.3.